The molecule has 2 rings (SSSR count). The maximum atomic E-state index is 11.8. The van der Waals surface area contributed by atoms with Gasteiger partial charge in [0.15, 0.2) is 10.8 Å². The molecule has 0 atom stereocenters. The van der Waals surface area contributed by atoms with Crippen LogP contribution in [0.5, 0.6) is 0 Å². The molecular weight excluding hydrogens is 224 g/mol. The first-order valence-electron chi connectivity index (χ1n) is 4.89. The second kappa shape index (κ2) is 4.23. The fourth-order valence-electron chi connectivity index (χ4n) is 1.36. The number of hydrogen-bond donors (Lipinski definition) is 0. The number of carbonyl (C=O) groups is 1. The fourth-order valence-corrected chi connectivity index (χ4v) is 1.36. The van der Waals surface area contributed by atoms with Crippen molar-refractivity contribution in [2.24, 2.45) is 9.98 Å². The lowest BCUT2D eigenvalue weighted by molar-refractivity contribution is 0.256. The SMILES string of the molecule is CC(=C=O)CCn1cnc2c(c1=O)=NC(=O)N=2. The van der Waals surface area contributed by atoms with Gasteiger partial charge in [0.1, 0.15) is 12.3 Å². The van der Waals surface area contributed by atoms with Crippen LogP contribution in [0.15, 0.2) is 26.7 Å². The number of hydrogen-bond acceptors (Lipinski definition) is 4. The zero-order valence-corrected chi connectivity index (χ0v) is 9.01. The van der Waals surface area contributed by atoms with Gasteiger partial charge in [-0.25, -0.2) is 14.6 Å². The summed E-state index contributed by atoms with van der Waals surface area (Å²) in [7, 11) is 0. The van der Waals surface area contributed by atoms with E-state index in [-0.39, 0.29) is 10.8 Å². The number of fused-ring (bicyclic) bond motifs is 1. The normalized spacial score (nSPS) is 12.4. The minimum absolute atomic E-state index is 0.0368. The average Bonchev–Trinajstić information content (AvgIpc) is 2.69. The van der Waals surface area contributed by atoms with E-state index in [0.717, 1.165) is 0 Å². The third-order valence-corrected chi connectivity index (χ3v) is 2.31. The van der Waals surface area contributed by atoms with Crippen LogP contribution in [-0.2, 0) is 11.3 Å². The molecule has 0 aliphatic carbocycles. The van der Waals surface area contributed by atoms with Crippen LogP contribution in [0, 0.1) is 0 Å². The number of rotatable bonds is 3. The van der Waals surface area contributed by atoms with Crippen LogP contribution in [0.2, 0.25) is 0 Å². The van der Waals surface area contributed by atoms with Crippen molar-refractivity contribution in [3.63, 3.8) is 0 Å². The van der Waals surface area contributed by atoms with Crippen LogP contribution in [0.3, 0.4) is 0 Å². The van der Waals surface area contributed by atoms with Gasteiger partial charge in [0.05, 0.1) is 0 Å². The summed E-state index contributed by atoms with van der Waals surface area (Å²) in [5.41, 5.74) is 0.136. The van der Waals surface area contributed by atoms with Crippen molar-refractivity contribution in [1.82, 2.24) is 9.55 Å². The molecule has 1 aliphatic rings. The molecule has 0 aromatic carbocycles. The molecule has 0 fully saturated rings. The minimum atomic E-state index is -0.716. The van der Waals surface area contributed by atoms with Gasteiger partial charge in [-0.1, -0.05) is 0 Å². The third kappa shape index (κ3) is 2.09. The Kier molecular flexibility index (Phi) is 2.76. The molecular formula is C10H8N4O3. The van der Waals surface area contributed by atoms with E-state index < -0.39 is 11.6 Å². The standard InChI is InChI=1S/C10H8N4O3/c1-6(4-15)2-3-14-5-11-8-7(9(14)16)12-10(17)13-8/h5H,2-3H2,1H3. The van der Waals surface area contributed by atoms with Crippen molar-refractivity contribution >= 4 is 12.0 Å². The molecule has 0 saturated carbocycles. The highest BCUT2D eigenvalue weighted by Gasteiger charge is 2.11. The topological polar surface area (TPSA) is 93.7 Å². The summed E-state index contributed by atoms with van der Waals surface area (Å²) in [6.45, 7) is 1.92. The van der Waals surface area contributed by atoms with Gasteiger partial charge in [0.2, 0.25) is 0 Å². The van der Waals surface area contributed by atoms with E-state index in [1.54, 1.807) is 12.9 Å². The lowest BCUT2D eigenvalue weighted by Crippen LogP contribution is -2.45. The van der Waals surface area contributed by atoms with Crippen molar-refractivity contribution in [1.29, 1.82) is 0 Å². The molecule has 86 valence electrons. The molecule has 1 aromatic heterocycles. The van der Waals surface area contributed by atoms with Gasteiger partial charge in [0.25, 0.3) is 5.56 Å². The average molecular weight is 232 g/mol. The van der Waals surface area contributed by atoms with Crippen molar-refractivity contribution in [2.45, 2.75) is 19.9 Å². The fraction of sp³-hybridized carbons (Fsp3) is 0.300. The lowest BCUT2D eigenvalue weighted by atomic mass is 10.2. The van der Waals surface area contributed by atoms with E-state index in [1.807, 2.05) is 0 Å². The highest BCUT2D eigenvalue weighted by Crippen LogP contribution is 1.95. The molecule has 1 aromatic rings. The van der Waals surface area contributed by atoms with Gasteiger partial charge >= 0.3 is 6.03 Å². The quantitative estimate of drug-likeness (QED) is 0.611. The summed E-state index contributed by atoms with van der Waals surface area (Å²) in [6.07, 6.45) is 1.69. The van der Waals surface area contributed by atoms with Crippen molar-refractivity contribution < 1.29 is 9.59 Å². The Hall–Kier alpha value is -2.40. The summed E-state index contributed by atoms with van der Waals surface area (Å²) in [4.78, 5) is 43.8. The second-order valence-corrected chi connectivity index (χ2v) is 3.55. The number of nitrogens with zero attached hydrogens (tertiary/aromatic N) is 4. The van der Waals surface area contributed by atoms with Gasteiger partial charge in [-0.15, -0.1) is 0 Å². The van der Waals surface area contributed by atoms with Gasteiger partial charge in [-0.3, -0.25) is 9.36 Å². The monoisotopic (exact) mass is 232 g/mol. The maximum Gasteiger partial charge on any atom is 0.370 e. The number of amides is 2. The number of aromatic nitrogens is 2. The Balaban J connectivity index is 2.42. The summed E-state index contributed by atoms with van der Waals surface area (Å²) >= 11 is 0. The van der Waals surface area contributed by atoms with Gasteiger partial charge in [0, 0.05) is 12.1 Å². The molecule has 0 spiro atoms. The zero-order valence-electron chi connectivity index (χ0n) is 9.01. The molecule has 17 heavy (non-hydrogen) atoms. The Labute approximate surface area is 94.9 Å². The van der Waals surface area contributed by atoms with Crippen LogP contribution < -0.4 is 16.4 Å². The van der Waals surface area contributed by atoms with Crippen LogP contribution in [0.4, 0.5) is 4.79 Å². The van der Waals surface area contributed by atoms with E-state index in [2.05, 4.69) is 15.0 Å². The van der Waals surface area contributed by atoms with Crippen molar-refractivity contribution in [2.75, 3.05) is 0 Å². The summed E-state index contributed by atoms with van der Waals surface area (Å²) in [6, 6.07) is -0.716. The first kappa shape index (κ1) is 11.1. The van der Waals surface area contributed by atoms with Gasteiger partial charge < -0.3 is 0 Å². The molecule has 2 heterocycles. The molecule has 7 nitrogen and oxygen atoms in total. The smallest absolute Gasteiger partial charge is 0.297 e. The molecule has 2 amide bonds. The van der Waals surface area contributed by atoms with E-state index >= 15 is 0 Å². The third-order valence-electron chi connectivity index (χ3n) is 2.31. The van der Waals surface area contributed by atoms with E-state index in [4.69, 9.17) is 0 Å². The zero-order chi connectivity index (χ0) is 12.4. The number of carbonyl (C=O) groups excluding carboxylic acids is 2. The highest BCUT2D eigenvalue weighted by atomic mass is 16.2. The van der Waals surface area contributed by atoms with Crippen LogP contribution in [-0.4, -0.2) is 21.5 Å². The van der Waals surface area contributed by atoms with Gasteiger partial charge in [-0.2, -0.15) is 9.98 Å². The highest BCUT2D eigenvalue weighted by molar-refractivity contribution is 5.77. The van der Waals surface area contributed by atoms with Crippen LogP contribution >= 0.6 is 0 Å². The Morgan fingerprint density at radius 3 is 2.88 bits per heavy atom. The van der Waals surface area contributed by atoms with Gasteiger partial charge in [-0.05, 0) is 13.3 Å². The predicted molar refractivity (Wildman–Crippen MR) is 55.7 cm³/mol. The Morgan fingerprint density at radius 2 is 2.18 bits per heavy atom. The summed E-state index contributed by atoms with van der Waals surface area (Å²) in [5, 5.41) is -0.0368. The first-order chi connectivity index (χ1) is 8.11. The molecule has 0 N–H and O–H groups in total. The summed E-state index contributed by atoms with van der Waals surface area (Å²) in [5.74, 6) is 1.75. The lowest BCUT2D eigenvalue weighted by Gasteiger charge is -2.01. The van der Waals surface area contributed by atoms with E-state index in [1.165, 1.54) is 10.9 Å². The molecule has 1 aliphatic heterocycles. The predicted octanol–water partition coefficient (Wildman–Crippen LogP) is -1.22. The van der Waals surface area contributed by atoms with Crippen LogP contribution in [0.1, 0.15) is 13.3 Å². The first-order valence-corrected chi connectivity index (χ1v) is 4.89. The molecule has 0 bridgehead atoms. The van der Waals surface area contributed by atoms with E-state index in [9.17, 15) is 14.4 Å². The van der Waals surface area contributed by atoms with E-state index in [0.29, 0.717) is 18.5 Å². The van der Waals surface area contributed by atoms with Crippen molar-refractivity contribution in [3.05, 3.63) is 33.1 Å². The van der Waals surface area contributed by atoms with Crippen LogP contribution in [0.25, 0.3) is 0 Å². The second-order valence-electron chi connectivity index (χ2n) is 3.55. The molecule has 0 saturated heterocycles. The Bertz CT molecular complexity index is 710. The maximum absolute atomic E-state index is 11.8. The number of urea groups is 1. The molecule has 0 radical (unpaired) electrons. The molecule has 7 heteroatoms. The Morgan fingerprint density at radius 1 is 1.41 bits per heavy atom. The summed E-state index contributed by atoms with van der Waals surface area (Å²) < 4.78 is 1.29. The minimum Gasteiger partial charge on any atom is -0.297 e. The molecule has 0 unspecified atom stereocenters. The van der Waals surface area contributed by atoms with Crippen molar-refractivity contribution in [3.8, 4) is 0 Å². The number of allylic oxidation sites excluding steroid dienone is 1. The largest absolute Gasteiger partial charge is 0.370 e. The number of aryl methyl sites for hydroxylation is 1.